The fourth-order valence-electron chi connectivity index (χ4n) is 6.01. The minimum atomic E-state index is -0.311. The molecule has 2 atom stereocenters. The van der Waals surface area contributed by atoms with E-state index in [1.54, 1.807) is 0 Å². The van der Waals surface area contributed by atoms with Crippen LogP contribution in [-0.4, -0.2) is 5.97 Å². The van der Waals surface area contributed by atoms with Crippen molar-refractivity contribution in [1.82, 2.24) is 0 Å². The number of unbranched alkanes of at least 4 members (excludes halogenated alkanes) is 4. The molecular formula is C28H43FO2. The fraction of sp³-hybridized carbons (Fsp3) is 0.750. The van der Waals surface area contributed by atoms with Crippen molar-refractivity contribution < 1.29 is 13.9 Å². The van der Waals surface area contributed by atoms with Gasteiger partial charge in [-0.15, -0.1) is 0 Å². The van der Waals surface area contributed by atoms with Gasteiger partial charge in [0.15, 0.2) is 0 Å². The average Bonchev–Trinajstić information content (AvgIpc) is 2.80. The number of rotatable bonds is 11. The Hall–Kier alpha value is -1.38. The number of carbonyl (C=O) groups is 1. The monoisotopic (exact) mass is 430 g/mol. The van der Waals surface area contributed by atoms with Crippen molar-refractivity contribution in [3.8, 4) is 5.75 Å². The van der Waals surface area contributed by atoms with Gasteiger partial charge < -0.3 is 4.74 Å². The lowest BCUT2D eigenvalue weighted by molar-refractivity contribution is -0.134. The second kappa shape index (κ2) is 13.2. The second-order valence-electron chi connectivity index (χ2n) is 10.2. The molecule has 0 N–H and O–H groups in total. The van der Waals surface area contributed by atoms with E-state index in [-0.39, 0.29) is 11.8 Å². The maximum atomic E-state index is 13.0. The standard InChI is InChI=1S/C28H43FO2/c1-2-3-4-5-6-8-22-11-14-24(15-12-22)25-10-7-9-23(21-25)13-20-28(30)31-27-18-16-26(29)17-19-27/h16-19,22-25H,2-15,20-21H2,1H3/t22?,23?,24?,25-/m0/s1. The molecule has 3 heteroatoms. The van der Waals surface area contributed by atoms with Crippen LogP contribution < -0.4 is 4.74 Å². The third-order valence-corrected chi connectivity index (χ3v) is 7.90. The van der Waals surface area contributed by atoms with Crippen molar-refractivity contribution in [3.63, 3.8) is 0 Å². The number of benzene rings is 1. The zero-order valence-electron chi connectivity index (χ0n) is 19.6. The fourth-order valence-corrected chi connectivity index (χ4v) is 6.01. The molecule has 2 aliphatic carbocycles. The maximum Gasteiger partial charge on any atom is 0.311 e. The van der Waals surface area contributed by atoms with Crippen LogP contribution in [0.3, 0.4) is 0 Å². The minimum Gasteiger partial charge on any atom is -0.427 e. The lowest BCUT2D eigenvalue weighted by atomic mass is 9.67. The summed E-state index contributed by atoms with van der Waals surface area (Å²) in [4.78, 5) is 12.2. The molecule has 2 saturated carbocycles. The lowest BCUT2D eigenvalue weighted by Crippen LogP contribution is -2.27. The molecule has 1 unspecified atom stereocenters. The van der Waals surface area contributed by atoms with Gasteiger partial charge in [0.1, 0.15) is 11.6 Å². The summed E-state index contributed by atoms with van der Waals surface area (Å²) in [5, 5.41) is 0. The molecule has 0 amide bonds. The summed E-state index contributed by atoms with van der Waals surface area (Å²) in [5.41, 5.74) is 0. The van der Waals surface area contributed by atoms with Gasteiger partial charge in [0.05, 0.1) is 0 Å². The van der Waals surface area contributed by atoms with Crippen molar-refractivity contribution >= 4 is 5.97 Å². The summed E-state index contributed by atoms with van der Waals surface area (Å²) >= 11 is 0. The molecule has 0 spiro atoms. The van der Waals surface area contributed by atoms with Gasteiger partial charge in [-0.3, -0.25) is 4.79 Å². The van der Waals surface area contributed by atoms with Crippen molar-refractivity contribution in [2.75, 3.05) is 0 Å². The van der Waals surface area contributed by atoms with E-state index in [0.717, 1.165) is 24.2 Å². The van der Waals surface area contributed by atoms with Gasteiger partial charge in [-0.25, -0.2) is 4.39 Å². The quantitative estimate of drug-likeness (QED) is 0.200. The highest BCUT2D eigenvalue weighted by Crippen LogP contribution is 2.43. The first-order chi connectivity index (χ1) is 15.1. The zero-order chi connectivity index (χ0) is 21.9. The molecule has 3 rings (SSSR count). The molecule has 174 valence electrons. The summed E-state index contributed by atoms with van der Waals surface area (Å²) in [7, 11) is 0. The van der Waals surface area contributed by atoms with Crippen LogP contribution in [0.1, 0.15) is 110 Å². The minimum absolute atomic E-state index is 0.187. The Morgan fingerprint density at radius 1 is 0.871 bits per heavy atom. The molecule has 0 bridgehead atoms. The second-order valence-corrected chi connectivity index (χ2v) is 10.2. The molecule has 0 saturated heterocycles. The van der Waals surface area contributed by atoms with Gasteiger partial charge in [0.2, 0.25) is 0 Å². The number of hydrogen-bond acceptors (Lipinski definition) is 2. The normalized spacial score (nSPS) is 26.5. The largest absolute Gasteiger partial charge is 0.427 e. The lowest BCUT2D eigenvalue weighted by Gasteiger charge is -2.38. The third-order valence-electron chi connectivity index (χ3n) is 7.90. The van der Waals surface area contributed by atoms with Crippen molar-refractivity contribution in [2.24, 2.45) is 23.7 Å². The Labute approximate surface area is 189 Å². The molecule has 1 aromatic rings. The molecule has 1 aromatic carbocycles. The summed E-state index contributed by atoms with van der Waals surface area (Å²) in [5.74, 6) is 3.38. The van der Waals surface area contributed by atoms with Crippen molar-refractivity contribution in [3.05, 3.63) is 30.1 Å². The Morgan fingerprint density at radius 3 is 2.35 bits per heavy atom. The number of carbonyl (C=O) groups excluding carboxylic acids is 1. The molecular weight excluding hydrogens is 387 g/mol. The highest BCUT2D eigenvalue weighted by Gasteiger charge is 2.31. The summed E-state index contributed by atoms with van der Waals surface area (Å²) < 4.78 is 18.3. The first kappa shape index (κ1) is 24.3. The SMILES string of the molecule is CCCCCCCC1CCC([C@H]2CCCC(CCC(=O)Oc3ccc(F)cc3)C2)CC1. The third kappa shape index (κ3) is 8.58. The molecule has 0 heterocycles. The van der Waals surface area contributed by atoms with Crippen molar-refractivity contribution in [2.45, 2.75) is 110 Å². The van der Waals surface area contributed by atoms with E-state index < -0.39 is 0 Å². The predicted molar refractivity (Wildman–Crippen MR) is 126 cm³/mol. The molecule has 2 aliphatic rings. The van der Waals surface area contributed by atoms with Crippen LogP contribution in [0, 0.1) is 29.5 Å². The summed E-state index contributed by atoms with van der Waals surface area (Å²) in [6.07, 6.45) is 20.9. The van der Waals surface area contributed by atoms with Gasteiger partial charge in [0, 0.05) is 6.42 Å². The van der Waals surface area contributed by atoms with Crippen LogP contribution in [0.15, 0.2) is 24.3 Å². The predicted octanol–water partition coefficient (Wildman–Crippen LogP) is 8.48. The van der Waals surface area contributed by atoms with E-state index in [1.165, 1.54) is 114 Å². The summed E-state index contributed by atoms with van der Waals surface area (Å²) in [6.45, 7) is 2.29. The molecule has 0 radical (unpaired) electrons. The number of esters is 1. The van der Waals surface area contributed by atoms with Crippen LogP contribution in [0.25, 0.3) is 0 Å². The van der Waals surface area contributed by atoms with Gasteiger partial charge in [-0.2, -0.15) is 0 Å². The number of hydrogen-bond donors (Lipinski definition) is 0. The highest BCUT2D eigenvalue weighted by molar-refractivity contribution is 5.72. The van der Waals surface area contributed by atoms with E-state index in [4.69, 9.17) is 4.74 Å². The van der Waals surface area contributed by atoms with Gasteiger partial charge in [0.25, 0.3) is 0 Å². The Morgan fingerprint density at radius 2 is 1.61 bits per heavy atom. The maximum absolute atomic E-state index is 13.0. The average molecular weight is 431 g/mol. The Balaban J connectivity index is 1.32. The van der Waals surface area contributed by atoms with Crippen molar-refractivity contribution in [1.29, 1.82) is 0 Å². The van der Waals surface area contributed by atoms with Gasteiger partial charge >= 0.3 is 5.97 Å². The Kier molecular flexibility index (Phi) is 10.4. The van der Waals surface area contributed by atoms with E-state index in [9.17, 15) is 9.18 Å². The smallest absolute Gasteiger partial charge is 0.311 e. The molecule has 0 aliphatic heterocycles. The van der Waals surface area contributed by atoms with Gasteiger partial charge in [-0.1, -0.05) is 77.6 Å². The number of halogens is 1. The first-order valence-corrected chi connectivity index (χ1v) is 13.1. The van der Waals surface area contributed by atoms with Gasteiger partial charge in [-0.05, 0) is 73.6 Å². The van der Waals surface area contributed by atoms with Crippen LogP contribution in [0.4, 0.5) is 4.39 Å². The molecule has 2 fully saturated rings. The van der Waals surface area contributed by atoms with Crippen LogP contribution in [-0.2, 0) is 4.79 Å². The van der Waals surface area contributed by atoms with Crippen LogP contribution in [0.2, 0.25) is 0 Å². The summed E-state index contributed by atoms with van der Waals surface area (Å²) in [6, 6.07) is 5.70. The first-order valence-electron chi connectivity index (χ1n) is 13.1. The van der Waals surface area contributed by atoms with E-state index in [1.807, 2.05) is 0 Å². The van der Waals surface area contributed by atoms with Crippen LogP contribution >= 0.6 is 0 Å². The van der Waals surface area contributed by atoms with E-state index in [0.29, 0.717) is 18.1 Å². The van der Waals surface area contributed by atoms with E-state index in [2.05, 4.69) is 6.92 Å². The molecule has 2 nitrogen and oxygen atoms in total. The van der Waals surface area contributed by atoms with Crippen LogP contribution in [0.5, 0.6) is 5.75 Å². The highest BCUT2D eigenvalue weighted by atomic mass is 19.1. The topological polar surface area (TPSA) is 26.3 Å². The Bertz CT molecular complexity index is 633. The molecule has 31 heavy (non-hydrogen) atoms. The van der Waals surface area contributed by atoms with E-state index >= 15 is 0 Å². The molecule has 0 aromatic heterocycles. The number of ether oxygens (including phenoxy) is 1. The zero-order valence-corrected chi connectivity index (χ0v) is 19.6.